The average Bonchev–Trinajstić information content (AvgIpc) is 2.67. The Morgan fingerprint density at radius 3 is 1.87 bits per heavy atom. The number of carboxylic acids is 2. The highest BCUT2D eigenvalue weighted by atomic mass is 32.1. The maximum atomic E-state index is 12.6. The van der Waals surface area contributed by atoms with Crippen LogP contribution in [0.2, 0.25) is 0 Å². The Hall–Kier alpha value is -2.38. The van der Waals surface area contributed by atoms with Gasteiger partial charge in [-0.1, -0.05) is 20.3 Å². The quantitative estimate of drug-likeness (QED) is 0.141. The number of carbonyl (C=O) groups excluding carboxylic acids is 3. The topological polar surface area (TPSA) is 208 Å². The van der Waals surface area contributed by atoms with E-state index in [2.05, 4.69) is 28.6 Å². The van der Waals surface area contributed by atoms with Crippen LogP contribution in [0.3, 0.4) is 0 Å². The van der Waals surface area contributed by atoms with E-state index < -0.39 is 72.3 Å². The summed E-state index contributed by atoms with van der Waals surface area (Å²) in [5, 5.41) is 34.3. The number of amides is 3. The number of aliphatic hydroxyl groups is 1. The molecule has 0 spiro atoms. The smallest absolute Gasteiger partial charge is 0.327 e. The van der Waals surface area contributed by atoms with Crippen LogP contribution in [0.1, 0.15) is 33.6 Å². The third-order valence-corrected chi connectivity index (χ3v) is 4.79. The summed E-state index contributed by atoms with van der Waals surface area (Å²) in [5.41, 5.74) is 5.49. The number of nitrogens with one attached hydrogen (secondary N) is 3. The van der Waals surface area contributed by atoms with Crippen LogP contribution in [-0.4, -0.2) is 81.0 Å². The fraction of sp³-hybridized carbons (Fsp3) is 0.706. The largest absolute Gasteiger partial charge is 0.481 e. The van der Waals surface area contributed by atoms with Gasteiger partial charge in [0.1, 0.15) is 24.2 Å². The van der Waals surface area contributed by atoms with E-state index in [1.165, 1.54) is 6.92 Å². The Morgan fingerprint density at radius 2 is 1.47 bits per heavy atom. The number of hydrogen-bond acceptors (Lipinski definition) is 8. The predicted molar refractivity (Wildman–Crippen MR) is 109 cm³/mol. The normalized spacial score (nSPS) is 16.9. The first kappa shape index (κ1) is 27.6. The molecule has 8 N–H and O–H groups in total. The maximum Gasteiger partial charge on any atom is 0.327 e. The van der Waals surface area contributed by atoms with Crippen molar-refractivity contribution in [1.82, 2.24) is 16.0 Å². The van der Waals surface area contributed by atoms with Gasteiger partial charge in [0.05, 0.1) is 12.5 Å². The Kier molecular flexibility index (Phi) is 12.0. The summed E-state index contributed by atoms with van der Waals surface area (Å²) in [4.78, 5) is 59.4. The molecule has 0 heterocycles. The molecule has 12 nitrogen and oxygen atoms in total. The second-order valence-corrected chi connectivity index (χ2v) is 7.24. The van der Waals surface area contributed by atoms with Crippen molar-refractivity contribution < 1.29 is 39.3 Å². The molecule has 0 saturated heterocycles. The Bertz CT molecular complexity index is 645. The van der Waals surface area contributed by atoms with Gasteiger partial charge < -0.3 is 37.0 Å². The van der Waals surface area contributed by atoms with Gasteiger partial charge in [-0.2, -0.15) is 12.6 Å². The Morgan fingerprint density at radius 1 is 0.933 bits per heavy atom. The van der Waals surface area contributed by atoms with Gasteiger partial charge in [0.15, 0.2) is 0 Å². The van der Waals surface area contributed by atoms with Gasteiger partial charge in [-0.05, 0) is 12.8 Å². The van der Waals surface area contributed by atoms with Crippen molar-refractivity contribution in [2.75, 3.05) is 5.75 Å². The molecule has 0 aromatic heterocycles. The molecular formula is C17H30N4O8S. The van der Waals surface area contributed by atoms with Gasteiger partial charge in [-0.15, -0.1) is 0 Å². The molecule has 0 bridgehead atoms. The minimum absolute atomic E-state index is 0.183. The van der Waals surface area contributed by atoms with Crippen molar-refractivity contribution in [3.05, 3.63) is 0 Å². The first-order valence-electron chi connectivity index (χ1n) is 9.25. The number of rotatable bonds is 13. The zero-order valence-electron chi connectivity index (χ0n) is 17.0. The van der Waals surface area contributed by atoms with Gasteiger partial charge in [0.2, 0.25) is 17.7 Å². The van der Waals surface area contributed by atoms with Crippen molar-refractivity contribution in [2.45, 2.75) is 63.9 Å². The lowest BCUT2D eigenvalue weighted by atomic mass is 9.97. The van der Waals surface area contributed by atoms with E-state index in [1.54, 1.807) is 13.8 Å². The molecule has 0 fully saturated rings. The van der Waals surface area contributed by atoms with E-state index in [-0.39, 0.29) is 5.75 Å². The number of thiol groups is 1. The number of carbonyl (C=O) groups is 5. The van der Waals surface area contributed by atoms with Crippen molar-refractivity contribution >= 4 is 42.3 Å². The van der Waals surface area contributed by atoms with Crippen LogP contribution in [0.5, 0.6) is 0 Å². The SMILES string of the molecule is CCC(C)C(NC(=O)C(CC(=O)O)NC(=O)C(N)C(C)O)C(=O)NC(CS)C(=O)O. The van der Waals surface area contributed by atoms with E-state index in [4.69, 9.17) is 15.9 Å². The molecule has 0 radical (unpaired) electrons. The zero-order valence-corrected chi connectivity index (χ0v) is 17.9. The van der Waals surface area contributed by atoms with Gasteiger partial charge in [0, 0.05) is 5.75 Å². The first-order chi connectivity index (χ1) is 13.8. The van der Waals surface area contributed by atoms with Crippen molar-refractivity contribution in [1.29, 1.82) is 0 Å². The van der Waals surface area contributed by atoms with Gasteiger partial charge in [-0.25, -0.2) is 4.79 Å². The standard InChI is InChI=1S/C17H30N4O8S/c1-4-7(2)13(16(27)20-10(6-30)17(28)29)21-14(25)9(5-11(23)24)19-15(26)12(18)8(3)22/h7-10,12-13,22,30H,4-6,18H2,1-3H3,(H,19,26)(H,20,27)(H,21,25)(H,23,24)(H,28,29). The molecule has 0 aromatic rings. The molecule has 0 saturated carbocycles. The molecular weight excluding hydrogens is 420 g/mol. The maximum absolute atomic E-state index is 12.6. The fourth-order valence-electron chi connectivity index (χ4n) is 2.27. The third-order valence-electron chi connectivity index (χ3n) is 4.42. The van der Waals surface area contributed by atoms with Crippen molar-refractivity contribution in [3.63, 3.8) is 0 Å². The summed E-state index contributed by atoms with van der Waals surface area (Å²) in [5.74, 6) is -6.04. The fourth-order valence-corrected chi connectivity index (χ4v) is 2.52. The third kappa shape index (κ3) is 8.97. The molecule has 172 valence electrons. The number of nitrogens with two attached hydrogens (primary N) is 1. The van der Waals surface area contributed by atoms with E-state index in [0.29, 0.717) is 6.42 Å². The molecule has 0 aromatic carbocycles. The lowest BCUT2D eigenvalue weighted by Gasteiger charge is -2.27. The van der Waals surface area contributed by atoms with Crippen LogP contribution in [0.25, 0.3) is 0 Å². The second kappa shape index (κ2) is 13.0. The Balaban J connectivity index is 5.51. The lowest BCUT2D eigenvalue weighted by molar-refractivity contribution is -0.143. The van der Waals surface area contributed by atoms with E-state index in [0.717, 1.165) is 0 Å². The zero-order chi connectivity index (χ0) is 23.6. The van der Waals surface area contributed by atoms with Crippen LogP contribution in [-0.2, 0) is 24.0 Å². The van der Waals surface area contributed by atoms with E-state index in [1.807, 2.05) is 0 Å². The molecule has 0 aliphatic carbocycles. The summed E-state index contributed by atoms with van der Waals surface area (Å²) in [6.07, 6.45) is -1.61. The highest BCUT2D eigenvalue weighted by Crippen LogP contribution is 2.10. The highest BCUT2D eigenvalue weighted by molar-refractivity contribution is 7.80. The van der Waals surface area contributed by atoms with Crippen LogP contribution in [0.15, 0.2) is 0 Å². The van der Waals surface area contributed by atoms with Crippen molar-refractivity contribution in [2.24, 2.45) is 11.7 Å². The number of aliphatic hydroxyl groups excluding tert-OH is 1. The second-order valence-electron chi connectivity index (χ2n) is 6.88. The first-order valence-corrected chi connectivity index (χ1v) is 9.89. The molecule has 0 aliphatic heterocycles. The highest BCUT2D eigenvalue weighted by Gasteiger charge is 2.33. The van der Waals surface area contributed by atoms with Crippen LogP contribution >= 0.6 is 12.6 Å². The average molecular weight is 451 g/mol. The van der Waals surface area contributed by atoms with Gasteiger partial charge >= 0.3 is 11.9 Å². The van der Waals surface area contributed by atoms with Gasteiger partial charge in [-0.3, -0.25) is 19.2 Å². The summed E-state index contributed by atoms with van der Waals surface area (Å²) in [6, 6.07) is -5.44. The number of hydrogen-bond donors (Lipinski definition) is 8. The van der Waals surface area contributed by atoms with E-state index >= 15 is 0 Å². The monoisotopic (exact) mass is 450 g/mol. The molecule has 13 heteroatoms. The van der Waals surface area contributed by atoms with E-state index in [9.17, 15) is 29.1 Å². The number of aliphatic carboxylic acids is 2. The van der Waals surface area contributed by atoms with Gasteiger partial charge in [0.25, 0.3) is 0 Å². The minimum Gasteiger partial charge on any atom is -0.481 e. The summed E-state index contributed by atoms with van der Waals surface area (Å²) in [7, 11) is 0. The molecule has 6 atom stereocenters. The molecule has 3 amide bonds. The summed E-state index contributed by atoms with van der Waals surface area (Å²) >= 11 is 3.86. The summed E-state index contributed by atoms with van der Waals surface area (Å²) in [6.45, 7) is 4.62. The summed E-state index contributed by atoms with van der Waals surface area (Å²) < 4.78 is 0. The van der Waals surface area contributed by atoms with Crippen LogP contribution < -0.4 is 21.7 Å². The van der Waals surface area contributed by atoms with Crippen LogP contribution in [0, 0.1) is 5.92 Å². The Labute approximate surface area is 179 Å². The molecule has 0 rings (SSSR count). The van der Waals surface area contributed by atoms with Crippen LogP contribution in [0.4, 0.5) is 0 Å². The number of carboxylic acid groups (broad SMARTS) is 2. The molecule has 0 aliphatic rings. The minimum atomic E-state index is -1.57. The lowest BCUT2D eigenvalue weighted by Crippen LogP contribution is -2.59. The van der Waals surface area contributed by atoms with Crippen molar-refractivity contribution in [3.8, 4) is 0 Å². The predicted octanol–water partition coefficient (Wildman–Crippen LogP) is -2.32. The molecule has 30 heavy (non-hydrogen) atoms. The molecule has 6 unspecified atom stereocenters.